The lowest BCUT2D eigenvalue weighted by molar-refractivity contribution is 0.307. The van der Waals surface area contributed by atoms with Crippen LogP contribution >= 0.6 is 0 Å². The van der Waals surface area contributed by atoms with Crippen molar-refractivity contribution in [3.05, 3.63) is 59.2 Å². The van der Waals surface area contributed by atoms with Crippen molar-refractivity contribution in [1.29, 1.82) is 0 Å². The number of hydrogen-bond acceptors (Lipinski definition) is 2. The molecule has 1 fully saturated rings. The lowest BCUT2D eigenvalue weighted by Crippen LogP contribution is -2.14. The fourth-order valence-corrected chi connectivity index (χ4v) is 4.41. The molecule has 2 heteroatoms. The van der Waals surface area contributed by atoms with Gasteiger partial charge in [0.25, 0.3) is 0 Å². The van der Waals surface area contributed by atoms with Crippen molar-refractivity contribution < 1.29 is 0 Å². The van der Waals surface area contributed by atoms with Crippen LogP contribution in [0.3, 0.4) is 0 Å². The fourth-order valence-electron chi connectivity index (χ4n) is 4.41. The van der Waals surface area contributed by atoms with Gasteiger partial charge in [0, 0.05) is 18.8 Å². The summed E-state index contributed by atoms with van der Waals surface area (Å²) in [4.78, 5) is 9.34. The zero-order chi connectivity index (χ0) is 18.9. The highest BCUT2D eigenvalue weighted by Crippen LogP contribution is 2.36. The molecule has 0 radical (unpaired) electrons. The summed E-state index contributed by atoms with van der Waals surface area (Å²) >= 11 is 0. The second kappa shape index (κ2) is 10.6. The molecule has 1 aliphatic rings. The van der Waals surface area contributed by atoms with Crippen molar-refractivity contribution in [2.45, 2.75) is 90.4 Å². The second-order valence-electron chi connectivity index (χ2n) is 8.36. The van der Waals surface area contributed by atoms with Crippen LogP contribution in [-0.4, -0.2) is 9.97 Å². The zero-order valence-electron chi connectivity index (χ0n) is 17.3. The van der Waals surface area contributed by atoms with Gasteiger partial charge in [-0.1, -0.05) is 57.4 Å². The third-order valence-electron chi connectivity index (χ3n) is 6.22. The molecular weight excluding hydrogens is 328 g/mol. The molecule has 1 aromatic heterocycles. The van der Waals surface area contributed by atoms with Crippen LogP contribution in [0.15, 0.2) is 36.7 Å². The summed E-state index contributed by atoms with van der Waals surface area (Å²) in [5, 5.41) is 0. The lowest BCUT2D eigenvalue weighted by Gasteiger charge is -2.28. The van der Waals surface area contributed by atoms with E-state index in [0.717, 1.165) is 24.6 Å². The van der Waals surface area contributed by atoms with E-state index in [1.54, 1.807) is 0 Å². The van der Waals surface area contributed by atoms with E-state index in [-0.39, 0.29) is 0 Å². The number of aryl methyl sites for hydroxylation is 3. The van der Waals surface area contributed by atoms with Gasteiger partial charge in [-0.25, -0.2) is 9.97 Å². The molecule has 1 aromatic carbocycles. The molecule has 27 heavy (non-hydrogen) atoms. The molecule has 0 saturated heterocycles. The Kier molecular flexibility index (Phi) is 7.86. The van der Waals surface area contributed by atoms with Crippen LogP contribution in [0.25, 0.3) is 0 Å². The maximum Gasteiger partial charge on any atom is 0.128 e. The first-order valence-corrected chi connectivity index (χ1v) is 11.2. The molecule has 0 bridgehead atoms. The summed E-state index contributed by atoms with van der Waals surface area (Å²) in [6, 6.07) is 9.11. The highest BCUT2D eigenvalue weighted by molar-refractivity contribution is 5.23. The van der Waals surface area contributed by atoms with Crippen LogP contribution < -0.4 is 0 Å². The van der Waals surface area contributed by atoms with Gasteiger partial charge in [0.05, 0.1) is 0 Å². The largest absolute Gasteiger partial charge is 0.241 e. The van der Waals surface area contributed by atoms with E-state index >= 15 is 0 Å². The first-order valence-electron chi connectivity index (χ1n) is 11.2. The van der Waals surface area contributed by atoms with Crippen LogP contribution in [0.2, 0.25) is 0 Å². The Morgan fingerprint density at radius 1 is 0.778 bits per heavy atom. The number of rotatable bonds is 9. The van der Waals surface area contributed by atoms with Crippen molar-refractivity contribution in [1.82, 2.24) is 9.97 Å². The zero-order valence-corrected chi connectivity index (χ0v) is 17.3. The molecule has 2 aromatic rings. The molecule has 1 aliphatic carbocycles. The Morgan fingerprint density at radius 2 is 1.41 bits per heavy atom. The maximum atomic E-state index is 4.67. The van der Waals surface area contributed by atoms with Gasteiger partial charge in [-0.05, 0) is 73.5 Å². The average Bonchev–Trinajstić information content (AvgIpc) is 2.73. The summed E-state index contributed by atoms with van der Waals surface area (Å²) in [5.41, 5.74) is 4.20. The summed E-state index contributed by atoms with van der Waals surface area (Å²) in [5.74, 6) is 2.62. The molecular formula is C25H36N2. The number of unbranched alkanes of at least 4 members (excludes halogenated alkanes) is 1. The standard InChI is InChI=1S/C25H36N2/c1-3-5-7-21-8-10-22(11-9-21)14-17-25-26-18-24(19-27-25)23-15-12-20(6-4-2)13-16-23/h8-11,18-20,23H,3-7,12-17H2,1-2H3. The Labute approximate surface area is 165 Å². The van der Waals surface area contributed by atoms with Gasteiger partial charge in [-0.2, -0.15) is 0 Å². The average molecular weight is 365 g/mol. The molecule has 146 valence electrons. The minimum absolute atomic E-state index is 0.683. The Bertz CT molecular complexity index is 652. The van der Waals surface area contributed by atoms with E-state index in [1.807, 2.05) is 0 Å². The van der Waals surface area contributed by atoms with Gasteiger partial charge in [0.2, 0.25) is 0 Å². The molecule has 3 rings (SSSR count). The van der Waals surface area contributed by atoms with E-state index in [1.165, 1.54) is 74.5 Å². The van der Waals surface area contributed by atoms with E-state index < -0.39 is 0 Å². The normalized spacial score (nSPS) is 19.9. The van der Waals surface area contributed by atoms with Gasteiger partial charge in [0.15, 0.2) is 0 Å². The molecule has 2 nitrogen and oxygen atoms in total. The van der Waals surface area contributed by atoms with Gasteiger partial charge in [-0.3, -0.25) is 0 Å². The van der Waals surface area contributed by atoms with E-state index in [0.29, 0.717) is 5.92 Å². The molecule has 0 atom stereocenters. The maximum absolute atomic E-state index is 4.67. The molecule has 1 heterocycles. The Hall–Kier alpha value is -1.70. The lowest BCUT2D eigenvalue weighted by atomic mass is 9.78. The van der Waals surface area contributed by atoms with Crippen molar-refractivity contribution >= 4 is 0 Å². The predicted octanol–water partition coefficient (Wildman–Crippen LogP) is 6.68. The topological polar surface area (TPSA) is 25.8 Å². The number of aromatic nitrogens is 2. The van der Waals surface area contributed by atoms with Crippen molar-refractivity contribution in [3.63, 3.8) is 0 Å². The number of nitrogens with zero attached hydrogens (tertiary/aromatic N) is 2. The molecule has 0 aliphatic heterocycles. The monoisotopic (exact) mass is 364 g/mol. The van der Waals surface area contributed by atoms with Gasteiger partial charge >= 0.3 is 0 Å². The first-order chi connectivity index (χ1) is 13.3. The third-order valence-corrected chi connectivity index (χ3v) is 6.22. The summed E-state index contributed by atoms with van der Waals surface area (Å²) in [6.07, 6.45) is 18.0. The Morgan fingerprint density at radius 3 is 2.00 bits per heavy atom. The second-order valence-corrected chi connectivity index (χ2v) is 8.36. The van der Waals surface area contributed by atoms with Crippen LogP contribution in [0.5, 0.6) is 0 Å². The van der Waals surface area contributed by atoms with Crippen LogP contribution in [-0.2, 0) is 19.3 Å². The van der Waals surface area contributed by atoms with Crippen molar-refractivity contribution in [2.24, 2.45) is 5.92 Å². The molecule has 1 saturated carbocycles. The van der Waals surface area contributed by atoms with Crippen LogP contribution in [0, 0.1) is 5.92 Å². The number of benzene rings is 1. The van der Waals surface area contributed by atoms with Crippen molar-refractivity contribution in [3.8, 4) is 0 Å². The SMILES string of the molecule is CCCCc1ccc(CCc2ncc(C3CCC(CCC)CC3)cn2)cc1. The van der Waals surface area contributed by atoms with E-state index in [2.05, 4.69) is 60.5 Å². The third kappa shape index (κ3) is 6.16. The van der Waals surface area contributed by atoms with E-state index in [9.17, 15) is 0 Å². The minimum atomic E-state index is 0.683. The molecule has 0 spiro atoms. The van der Waals surface area contributed by atoms with Crippen molar-refractivity contribution in [2.75, 3.05) is 0 Å². The minimum Gasteiger partial charge on any atom is -0.241 e. The van der Waals surface area contributed by atoms with Gasteiger partial charge in [0.1, 0.15) is 5.82 Å². The summed E-state index contributed by atoms with van der Waals surface area (Å²) in [7, 11) is 0. The van der Waals surface area contributed by atoms with E-state index in [4.69, 9.17) is 0 Å². The molecule has 0 N–H and O–H groups in total. The van der Waals surface area contributed by atoms with Gasteiger partial charge in [-0.15, -0.1) is 0 Å². The smallest absolute Gasteiger partial charge is 0.128 e. The van der Waals surface area contributed by atoms with Crippen LogP contribution in [0.1, 0.15) is 93.6 Å². The fraction of sp³-hybridized carbons (Fsp3) is 0.600. The van der Waals surface area contributed by atoms with Gasteiger partial charge < -0.3 is 0 Å². The molecule has 0 unspecified atom stereocenters. The number of hydrogen-bond donors (Lipinski definition) is 0. The Balaban J connectivity index is 1.46. The quantitative estimate of drug-likeness (QED) is 0.496. The highest BCUT2D eigenvalue weighted by atomic mass is 14.9. The predicted molar refractivity (Wildman–Crippen MR) is 114 cm³/mol. The summed E-state index contributed by atoms with van der Waals surface area (Å²) in [6.45, 7) is 4.55. The first kappa shape index (κ1) is 20.0. The summed E-state index contributed by atoms with van der Waals surface area (Å²) < 4.78 is 0. The van der Waals surface area contributed by atoms with Crippen LogP contribution in [0.4, 0.5) is 0 Å². The highest BCUT2D eigenvalue weighted by Gasteiger charge is 2.22. The molecule has 0 amide bonds.